The fourth-order valence-corrected chi connectivity index (χ4v) is 4.92. The monoisotopic (exact) mass is 342 g/mol. The largest absolute Gasteiger partial charge is 0.149 e. The number of rotatable bonds is 7. The Bertz CT molecular complexity index is 336. The van der Waals surface area contributed by atoms with Crippen LogP contribution in [0.3, 0.4) is 0 Å². The smallest absolute Gasteiger partial charge is 0.00880 e. The highest BCUT2D eigenvalue weighted by Crippen LogP contribution is 2.45. The van der Waals surface area contributed by atoms with Gasteiger partial charge in [0.05, 0.1) is 0 Å². The fourth-order valence-electron chi connectivity index (χ4n) is 3.37. The molecule has 0 atom stereocenters. The van der Waals surface area contributed by atoms with Gasteiger partial charge < -0.3 is 0 Å². The Hall–Kier alpha value is 0.180. The van der Waals surface area contributed by atoms with Crippen LogP contribution < -0.4 is 0 Å². The molecule has 0 radical (unpaired) electrons. The van der Waals surface area contributed by atoms with Crippen LogP contribution in [-0.4, -0.2) is 5.33 Å². The molecule has 1 fully saturated rings. The van der Waals surface area contributed by atoms with Crippen LogP contribution in [0.5, 0.6) is 0 Å². The number of hydrogen-bond acceptors (Lipinski definition) is 1. The van der Waals surface area contributed by atoms with E-state index in [0.29, 0.717) is 5.41 Å². The van der Waals surface area contributed by atoms with Gasteiger partial charge in [0.2, 0.25) is 0 Å². The summed E-state index contributed by atoms with van der Waals surface area (Å²) in [6.45, 7) is 2.31. The summed E-state index contributed by atoms with van der Waals surface area (Å²) in [6, 6.07) is 4.47. The maximum Gasteiger partial charge on any atom is 0.00880 e. The van der Waals surface area contributed by atoms with E-state index in [4.69, 9.17) is 0 Å². The minimum Gasteiger partial charge on any atom is -0.149 e. The molecule has 0 nitrogen and oxygen atoms in total. The molecule has 1 aromatic heterocycles. The molecule has 108 valence electrons. The molecule has 2 heteroatoms. The van der Waals surface area contributed by atoms with Crippen molar-refractivity contribution in [3.8, 4) is 0 Å². The van der Waals surface area contributed by atoms with Crippen molar-refractivity contribution in [2.24, 2.45) is 11.3 Å². The summed E-state index contributed by atoms with van der Waals surface area (Å²) >= 11 is 5.73. The summed E-state index contributed by atoms with van der Waals surface area (Å²) in [5, 5.41) is 3.41. The van der Waals surface area contributed by atoms with Gasteiger partial charge in [-0.05, 0) is 61.3 Å². The summed E-state index contributed by atoms with van der Waals surface area (Å²) < 4.78 is 0. The first-order valence-corrected chi connectivity index (χ1v) is 9.86. The lowest BCUT2D eigenvalue weighted by Gasteiger charge is -2.39. The highest BCUT2D eigenvalue weighted by atomic mass is 79.9. The van der Waals surface area contributed by atoms with Gasteiger partial charge in [-0.15, -0.1) is 11.3 Å². The summed E-state index contributed by atoms with van der Waals surface area (Å²) in [7, 11) is 0. The molecule has 0 bridgehead atoms. The molecule has 1 aliphatic carbocycles. The molecule has 2 rings (SSSR count). The molecule has 1 aliphatic rings. The zero-order valence-corrected chi connectivity index (χ0v) is 14.6. The molecular weight excluding hydrogens is 316 g/mol. The van der Waals surface area contributed by atoms with E-state index in [1.807, 2.05) is 11.3 Å². The van der Waals surface area contributed by atoms with Crippen molar-refractivity contribution in [2.75, 3.05) is 5.33 Å². The lowest BCUT2D eigenvalue weighted by molar-refractivity contribution is 0.158. The first-order chi connectivity index (χ1) is 9.28. The molecule has 1 heterocycles. The first-order valence-electron chi connectivity index (χ1n) is 7.86. The number of thiophene rings is 1. The lowest BCUT2D eigenvalue weighted by Crippen LogP contribution is -2.29. The van der Waals surface area contributed by atoms with Crippen molar-refractivity contribution in [2.45, 2.75) is 64.7 Å². The summed E-state index contributed by atoms with van der Waals surface area (Å²) in [5.41, 5.74) is 0.590. The topological polar surface area (TPSA) is 0 Å². The molecule has 1 aromatic rings. The highest BCUT2D eigenvalue weighted by molar-refractivity contribution is 9.09. The van der Waals surface area contributed by atoms with Gasteiger partial charge in [-0.3, -0.25) is 0 Å². The number of hydrogen-bond donors (Lipinski definition) is 0. The second-order valence-corrected chi connectivity index (χ2v) is 7.89. The zero-order valence-electron chi connectivity index (χ0n) is 12.2. The van der Waals surface area contributed by atoms with E-state index in [2.05, 4.69) is 40.4 Å². The van der Waals surface area contributed by atoms with Gasteiger partial charge >= 0.3 is 0 Å². The van der Waals surface area contributed by atoms with E-state index in [9.17, 15) is 0 Å². The normalized spacial score (nSPS) is 27.6. The molecule has 0 saturated heterocycles. The summed E-state index contributed by atoms with van der Waals surface area (Å²) in [5.74, 6) is 1.02. The average Bonchev–Trinajstić information content (AvgIpc) is 2.97. The molecule has 0 amide bonds. The van der Waals surface area contributed by atoms with Gasteiger partial charge in [-0.25, -0.2) is 0 Å². The maximum absolute atomic E-state index is 3.81. The Labute approximate surface area is 131 Å². The van der Waals surface area contributed by atoms with Crippen LogP contribution >= 0.6 is 27.3 Å². The predicted octanol–water partition coefficient (Wildman–Crippen LogP) is 6.44. The fraction of sp³-hybridized carbons (Fsp3) is 0.765. The van der Waals surface area contributed by atoms with Gasteiger partial charge in [-0.1, -0.05) is 48.2 Å². The molecule has 0 N–H and O–H groups in total. The Balaban J connectivity index is 1.80. The molecule has 0 aliphatic heterocycles. The van der Waals surface area contributed by atoms with E-state index in [1.54, 1.807) is 4.88 Å². The van der Waals surface area contributed by atoms with Crippen LogP contribution in [0.1, 0.15) is 63.2 Å². The van der Waals surface area contributed by atoms with Gasteiger partial charge in [0.15, 0.2) is 0 Å². The average molecular weight is 343 g/mol. The Morgan fingerprint density at radius 3 is 2.74 bits per heavy atom. The molecular formula is C17H27BrS. The van der Waals surface area contributed by atoms with E-state index < -0.39 is 0 Å². The van der Waals surface area contributed by atoms with Crippen LogP contribution in [-0.2, 0) is 6.42 Å². The van der Waals surface area contributed by atoms with Gasteiger partial charge in [0.1, 0.15) is 0 Å². The number of alkyl halides is 1. The Kier molecular flexibility index (Phi) is 6.41. The number of halogens is 1. The Morgan fingerprint density at radius 1 is 1.37 bits per heavy atom. The molecule has 0 unspecified atom stereocenters. The maximum atomic E-state index is 3.81. The van der Waals surface area contributed by atoms with Crippen molar-refractivity contribution >= 4 is 27.3 Å². The molecule has 19 heavy (non-hydrogen) atoms. The van der Waals surface area contributed by atoms with Crippen LogP contribution in [0.2, 0.25) is 0 Å². The molecule has 1 saturated carbocycles. The van der Waals surface area contributed by atoms with Crippen molar-refractivity contribution in [3.05, 3.63) is 22.4 Å². The third-order valence-electron chi connectivity index (χ3n) is 4.90. The van der Waals surface area contributed by atoms with Gasteiger partial charge in [0.25, 0.3) is 0 Å². The van der Waals surface area contributed by atoms with E-state index >= 15 is 0 Å². The standard InChI is InChI=1S/C17H27BrS/c1-2-3-5-15-7-10-17(14-18,11-8-15)12-9-16-6-4-13-19-16/h4,6,13,15H,2-3,5,7-12,14H2,1H3. The quantitative estimate of drug-likeness (QED) is 0.500. The van der Waals surface area contributed by atoms with Crippen molar-refractivity contribution in [1.29, 1.82) is 0 Å². The minimum absolute atomic E-state index is 0.590. The highest BCUT2D eigenvalue weighted by Gasteiger charge is 2.33. The van der Waals surface area contributed by atoms with E-state index in [-0.39, 0.29) is 0 Å². The third-order valence-corrected chi connectivity index (χ3v) is 7.02. The third kappa shape index (κ3) is 4.60. The van der Waals surface area contributed by atoms with Gasteiger partial charge in [-0.2, -0.15) is 0 Å². The number of aryl methyl sites for hydroxylation is 1. The lowest BCUT2D eigenvalue weighted by atomic mass is 9.68. The van der Waals surface area contributed by atoms with Crippen molar-refractivity contribution in [3.63, 3.8) is 0 Å². The summed E-state index contributed by atoms with van der Waals surface area (Å²) in [4.78, 5) is 1.56. The molecule has 0 aromatic carbocycles. The second-order valence-electron chi connectivity index (χ2n) is 6.30. The zero-order chi connectivity index (χ0) is 13.6. The molecule has 0 spiro atoms. The minimum atomic E-state index is 0.590. The SMILES string of the molecule is CCCCC1CCC(CBr)(CCc2cccs2)CC1. The van der Waals surface area contributed by atoms with Crippen LogP contribution in [0.25, 0.3) is 0 Å². The van der Waals surface area contributed by atoms with Crippen molar-refractivity contribution in [1.82, 2.24) is 0 Å². The summed E-state index contributed by atoms with van der Waals surface area (Å²) in [6.07, 6.45) is 12.7. The van der Waals surface area contributed by atoms with Crippen molar-refractivity contribution < 1.29 is 0 Å². The first kappa shape index (κ1) is 15.6. The van der Waals surface area contributed by atoms with Crippen LogP contribution in [0.4, 0.5) is 0 Å². The number of unbranched alkanes of at least 4 members (excludes halogenated alkanes) is 1. The van der Waals surface area contributed by atoms with E-state index in [0.717, 1.165) is 5.92 Å². The van der Waals surface area contributed by atoms with Crippen LogP contribution in [0, 0.1) is 11.3 Å². The predicted molar refractivity (Wildman–Crippen MR) is 90.4 cm³/mol. The van der Waals surface area contributed by atoms with Gasteiger partial charge in [0, 0.05) is 10.2 Å². The second kappa shape index (κ2) is 7.83. The van der Waals surface area contributed by atoms with Crippen LogP contribution in [0.15, 0.2) is 17.5 Å². The Morgan fingerprint density at radius 2 is 2.16 bits per heavy atom. The van der Waals surface area contributed by atoms with E-state index in [1.165, 1.54) is 63.1 Å².